The van der Waals surface area contributed by atoms with Crippen LogP contribution in [0.2, 0.25) is 0 Å². The molecule has 3 aliphatic rings. The molecule has 3 saturated heterocycles. The molecule has 8 nitrogen and oxygen atoms in total. The minimum absolute atomic E-state index is 0.00836. The van der Waals surface area contributed by atoms with E-state index in [2.05, 4.69) is 13.2 Å². The van der Waals surface area contributed by atoms with Crippen LogP contribution in [0.1, 0.15) is 42.5 Å². The Kier molecular flexibility index (Phi) is 7.66. The highest BCUT2D eigenvalue weighted by atomic mass is 16.6. The van der Waals surface area contributed by atoms with Crippen LogP contribution in [-0.2, 0) is 23.9 Å². The normalized spacial score (nSPS) is 28.7. The first-order valence-electron chi connectivity index (χ1n) is 14.1. The number of aryl methyl sites for hydroxylation is 2. The number of rotatable bonds is 10. The Hall–Kier alpha value is -3.75. The predicted molar refractivity (Wildman–Crippen MR) is 155 cm³/mol. The number of fused-ring (bicyclic) bond motifs is 1. The Labute approximate surface area is 241 Å². The number of carbonyl (C=O) groups excluding carboxylic acids is 3. The zero-order valence-corrected chi connectivity index (χ0v) is 23.9. The van der Waals surface area contributed by atoms with Crippen molar-refractivity contribution in [1.29, 1.82) is 0 Å². The fraction of sp³-hybridized carbons (Fsp3) is 0.424. The molecular weight excluding hydrogens is 520 g/mol. The molecule has 2 aromatic carbocycles. The minimum Gasteiger partial charge on any atom is -0.461 e. The number of likely N-dealkylation sites (tertiary alicyclic amines) is 1. The average Bonchev–Trinajstić information content (AvgIpc) is 3.53. The predicted octanol–water partition coefficient (Wildman–Crippen LogP) is 4.05. The zero-order valence-electron chi connectivity index (χ0n) is 23.9. The number of carbonyl (C=O) groups is 3. The second-order valence-electron chi connectivity index (χ2n) is 11.5. The standard InChI is InChI=1S/C33H38N2O6/c1-6-17-34(24-19-21(3)13-14-22(24)4)30(38)28-33-16-15-32(5,41-33)27(31(39)40-18-7-2)26(33)29(37)35(28)25(20-36)23-11-9-8-10-12-23/h6-14,19,25-28,36H,1-2,15-18,20H2,3-5H3/t25-,26+,27+,28?,32-,33?/m1/s1. The quantitative estimate of drug-likeness (QED) is 0.349. The number of hydrogen-bond acceptors (Lipinski definition) is 6. The van der Waals surface area contributed by atoms with Gasteiger partial charge in [0.05, 0.1) is 24.2 Å². The molecule has 41 heavy (non-hydrogen) atoms. The highest BCUT2D eigenvalue weighted by Gasteiger charge is 2.79. The monoisotopic (exact) mass is 558 g/mol. The van der Waals surface area contributed by atoms with Gasteiger partial charge in [0.1, 0.15) is 24.2 Å². The van der Waals surface area contributed by atoms with E-state index in [1.165, 1.54) is 11.0 Å². The van der Waals surface area contributed by atoms with E-state index in [-0.39, 0.29) is 19.1 Å². The minimum atomic E-state index is -1.26. The smallest absolute Gasteiger partial charge is 0.313 e. The number of benzene rings is 2. The molecule has 3 fully saturated rings. The van der Waals surface area contributed by atoms with Gasteiger partial charge >= 0.3 is 5.97 Å². The summed E-state index contributed by atoms with van der Waals surface area (Å²) in [4.78, 5) is 46.0. The van der Waals surface area contributed by atoms with Crippen molar-refractivity contribution in [2.45, 2.75) is 56.9 Å². The molecule has 3 heterocycles. The molecule has 0 saturated carbocycles. The Morgan fingerprint density at radius 2 is 1.90 bits per heavy atom. The van der Waals surface area contributed by atoms with Gasteiger partial charge in [0.25, 0.3) is 5.91 Å². The van der Waals surface area contributed by atoms with Gasteiger partial charge in [0.2, 0.25) is 5.91 Å². The summed E-state index contributed by atoms with van der Waals surface area (Å²) in [6.45, 7) is 13.0. The number of hydrogen-bond donors (Lipinski definition) is 1. The van der Waals surface area contributed by atoms with Gasteiger partial charge in [-0.25, -0.2) is 0 Å². The Bertz CT molecular complexity index is 1380. The van der Waals surface area contributed by atoms with Gasteiger partial charge in [-0.2, -0.15) is 0 Å². The third-order valence-corrected chi connectivity index (χ3v) is 8.97. The second-order valence-corrected chi connectivity index (χ2v) is 11.5. The fourth-order valence-corrected chi connectivity index (χ4v) is 7.19. The van der Waals surface area contributed by atoms with Crippen LogP contribution in [0.15, 0.2) is 73.8 Å². The number of ether oxygens (including phenoxy) is 2. The van der Waals surface area contributed by atoms with Crippen molar-refractivity contribution in [3.05, 3.63) is 90.5 Å². The SMILES string of the molecule is C=CCOC(=O)[C@@H]1[C@H]2C(=O)N([C@H](CO)c3ccccc3)C(C(=O)N(CC=C)c3cc(C)ccc3C)C23CC[C@@]1(C)O3. The molecule has 8 heteroatoms. The van der Waals surface area contributed by atoms with E-state index in [0.717, 1.165) is 11.1 Å². The highest BCUT2D eigenvalue weighted by Crippen LogP contribution is 2.64. The summed E-state index contributed by atoms with van der Waals surface area (Å²) in [6.07, 6.45) is 4.04. The summed E-state index contributed by atoms with van der Waals surface area (Å²) in [5.74, 6) is -3.11. The lowest BCUT2D eigenvalue weighted by Gasteiger charge is -2.40. The maximum Gasteiger partial charge on any atom is 0.313 e. The van der Waals surface area contributed by atoms with Crippen LogP contribution in [0, 0.1) is 25.7 Å². The lowest BCUT2D eigenvalue weighted by Crippen LogP contribution is -2.57. The summed E-state index contributed by atoms with van der Waals surface area (Å²) in [7, 11) is 0. The third kappa shape index (κ3) is 4.50. The average molecular weight is 559 g/mol. The summed E-state index contributed by atoms with van der Waals surface area (Å²) in [6, 6.07) is 13.1. The highest BCUT2D eigenvalue weighted by molar-refractivity contribution is 6.05. The van der Waals surface area contributed by atoms with Gasteiger partial charge in [-0.15, -0.1) is 6.58 Å². The molecule has 0 aliphatic carbocycles. The van der Waals surface area contributed by atoms with Crippen LogP contribution < -0.4 is 4.90 Å². The van der Waals surface area contributed by atoms with Gasteiger partial charge in [-0.1, -0.05) is 61.2 Å². The van der Waals surface area contributed by atoms with E-state index in [4.69, 9.17) is 9.47 Å². The second kappa shape index (κ2) is 10.9. The molecule has 0 radical (unpaired) electrons. The topological polar surface area (TPSA) is 96.4 Å². The Morgan fingerprint density at radius 3 is 2.56 bits per heavy atom. The van der Waals surface area contributed by atoms with Crippen LogP contribution in [-0.4, -0.2) is 64.8 Å². The molecule has 0 aromatic heterocycles. The largest absolute Gasteiger partial charge is 0.461 e. The summed E-state index contributed by atoms with van der Waals surface area (Å²) >= 11 is 0. The van der Waals surface area contributed by atoms with Crippen molar-refractivity contribution in [2.24, 2.45) is 11.8 Å². The Morgan fingerprint density at radius 1 is 1.17 bits per heavy atom. The van der Waals surface area contributed by atoms with Crippen LogP contribution >= 0.6 is 0 Å². The number of aliphatic hydroxyl groups is 1. The number of anilines is 1. The van der Waals surface area contributed by atoms with Crippen molar-refractivity contribution in [3.8, 4) is 0 Å². The van der Waals surface area contributed by atoms with Crippen LogP contribution in [0.5, 0.6) is 0 Å². The van der Waals surface area contributed by atoms with E-state index in [1.54, 1.807) is 11.0 Å². The maximum atomic E-state index is 14.9. The molecule has 6 atom stereocenters. The molecule has 1 spiro atoms. The summed E-state index contributed by atoms with van der Waals surface area (Å²) < 4.78 is 12.2. The molecule has 2 unspecified atom stereocenters. The first-order chi connectivity index (χ1) is 19.6. The lowest BCUT2D eigenvalue weighted by atomic mass is 9.66. The first kappa shape index (κ1) is 28.8. The van der Waals surface area contributed by atoms with Crippen LogP contribution in [0.3, 0.4) is 0 Å². The van der Waals surface area contributed by atoms with E-state index < -0.39 is 53.6 Å². The summed E-state index contributed by atoms with van der Waals surface area (Å²) in [5.41, 5.74) is 1.05. The van der Waals surface area contributed by atoms with E-state index >= 15 is 0 Å². The summed E-state index contributed by atoms with van der Waals surface area (Å²) in [5, 5.41) is 10.7. The van der Waals surface area contributed by atoms with Crippen molar-refractivity contribution in [3.63, 3.8) is 0 Å². The zero-order chi connectivity index (χ0) is 29.5. The van der Waals surface area contributed by atoms with E-state index in [1.807, 2.05) is 69.3 Å². The number of amides is 2. The van der Waals surface area contributed by atoms with Crippen molar-refractivity contribution in [2.75, 3.05) is 24.7 Å². The first-order valence-corrected chi connectivity index (χ1v) is 14.1. The van der Waals surface area contributed by atoms with Gasteiger partial charge in [-0.3, -0.25) is 14.4 Å². The van der Waals surface area contributed by atoms with Gasteiger partial charge in [-0.05, 0) is 56.4 Å². The fourth-order valence-electron chi connectivity index (χ4n) is 7.19. The van der Waals surface area contributed by atoms with Crippen molar-refractivity contribution in [1.82, 2.24) is 4.90 Å². The Balaban J connectivity index is 1.68. The lowest BCUT2D eigenvalue weighted by molar-refractivity contribution is -0.159. The van der Waals surface area contributed by atoms with E-state index in [0.29, 0.717) is 24.1 Å². The van der Waals surface area contributed by atoms with Gasteiger partial charge in [0.15, 0.2) is 0 Å². The number of nitrogens with zero attached hydrogens (tertiary/aromatic N) is 2. The number of esters is 1. The van der Waals surface area contributed by atoms with Gasteiger partial charge < -0.3 is 24.4 Å². The molecule has 2 bridgehead atoms. The van der Waals surface area contributed by atoms with Crippen molar-refractivity contribution >= 4 is 23.5 Å². The van der Waals surface area contributed by atoms with Crippen LogP contribution in [0.4, 0.5) is 5.69 Å². The molecular formula is C33H38N2O6. The molecule has 2 aromatic rings. The van der Waals surface area contributed by atoms with Crippen molar-refractivity contribution < 1.29 is 29.0 Å². The molecule has 3 aliphatic heterocycles. The number of aliphatic hydroxyl groups excluding tert-OH is 1. The maximum absolute atomic E-state index is 14.9. The van der Waals surface area contributed by atoms with Gasteiger partial charge in [0, 0.05) is 12.2 Å². The molecule has 216 valence electrons. The third-order valence-electron chi connectivity index (χ3n) is 8.97. The molecule has 1 N–H and O–H groups in total. The van der Waals surface area contributed by atoms with Crippen LogP contribution in [0.25, 0.3) is 0 Å². The molecule has 5 rings (SSSR count). The van der Waals surface area contributed by atoms with E-state index in [9.17, 15) is 19.5 Å². The molecule has 2 amide bonds.